The first-order chi connectivity index (χ1) is 19.9. The fraction of sp³-hybridized carbons (Fsp3) is 0.343. The van der Waals surface area contributed by atoms with E-state index in [0.717, 1.165) is 50.7 Å². The lowest BCUT2D eigenvalue weighted by atomic mass is 10.0. The molecular weight excluding hydrogens is 574 g/mol. The van der Waals surface area contributed by atoms with Gasteiger partial charge in [0.1, 0.15) is 0 Å². The third-order valence-corrected chi connectivity index (χ3v) is 7.81. The summed E-state index contributed by atoms with van der Waals surface area (Å²) < 4.78 is 0.985. The number of hydrogen-bond acceptors (Lipinski definition) is 3. The Hall–Kier alpha value is -3.51. The second-order valence-corrected chi connectivity index (χ2v) is 11.7. The predicted octanol–water partition coefficient (Wildman–Crippen LogP) is 10.1. The standard InChI is InChI=1S/C35H40BrN3O2/c1-3-4-5-6-7-8-9-10-11-12-34(40)37-28-18-20-29(21-19-28)38-35(41)31-24-33(26-14-16-27(36)17-15-26)39-32-22-13-25(2)23-30(31)32/h13-24H,3-12H2,1-2H3,(H,37,40)(H,38,41). The maximum Gasteiger partial charge on any atom is 0.256 e. The van der Waals surface area contributed by atoms with Gasteiger partial charge >= 0.3 is 0 Å². The molecule has 1 aromatic heterocycles. The molecule has 0 spiro atoms. The van der Waals surface area contributed by atoms with Crippen LogP contribution in [0, 0.1) is 6.92 Å². The second kappa shape index (κ2) is 15.5. The molecular formula is C35H40BrN3O2. The zero-order chi connectivity index (χ0) is 29.0. The molecule has 0 radical (unpaired) electrons. The first-order valence-corrected chi connectivity index (χ1v) is 15.6. The number of nitrogens with one attached hydrogen (secondary N) is 2. The van der Waals surface area contributed by atoms with E-state index >= 15 is 0 Å². The highest BCUT2D eigenvalue weighted by molar-refractivity contribution is 9.10. The Morgan fingerprint density at radius 2 is 1.34 bits per heavy atom. The quantitative estimate of drug-likeness (QED) is 0.139. The smallest absolute Gasteiger partial charge is 0.256 e. The Labute approximate surface area is 252 Å². The van der Waals surface area contributed by atoms with Crippen molar-refractivity contribution in [3.05, 3.63) is 88.4 Å². The van der Waals surface area contributed by atoms with Crippen LogP contribution in [0.2, 0.25) is 0 Å². The van der Waals surface area contributed by atoms with Gasteiger partial charge in [0.25, 0.3) is 5.91 Å². The lowest BCUT2D eigenvalue weighted by Gasteiger charge is -2.12. The summed E-state index contributed by atoms with van der Waals surface area (Å²) in [7, 11) is 0. The van der Waals surface area contributed by atoms with Crippen LogP contribution in [-0.4, -0.2) is 16.8 Å². The number of amides is 2. The van der Waals surface area contributed by atoms with Crippen LogP contribution in [0.25, 0.3) is 22.2 Å². The highest BCUT2D eigenvalue weighted by Gasteiger charge is 2.15. The van der Waals surface area contributed by atoms with E-state index in [0.29, 0.717) is 17.7 Å². The van der Waals surface area contributed by atoms with Crippen molar-refractivity contribution in [3.63, 3.8) is 0 Å². The van der Waals surface area contributed by atoms with Gasteiger partial charge in [-0.2, -0.15) is 0 Å². The van der Waals surface area contributed by atoms with E-state index in [-0.39, 0.29) is 11.8 Å². The van der Waals surface area contributed by atoms with Crippen LogP contribution in [0.5, 0.6) is 0 Å². The van der Waals surface area contributed by atoms with Gasteiger partial charge in [-0.25, -0.2) is 4.98 Å². The zero-order valence-electron chi connectivity index (χ0n) is 24.1. The summed E-state index contributed by atoms with van der Waals surface area (Å²) >= 11 is 3.48. The third kappa shape index (κ3) is 9.25. The summed E-state index contributed by atoms with van der Waals surface area (Å²) in [5, 5.41) is 6.81. The van der Waals surface area contributed by atoms with Crippen LogP contribution in [0.1, 0.15) is 87.1 Å². The maximum absolute atomic E-state index is 13.5. The van der Waals surface area contributed by atoms with Gasteiger partial charge in [0.2, 0.25) is 5.91 Å². The maximum atomic E-state index is 13.5. The number of carbonyl (C=O) groups excluding carboxylic acids is 2. The molecule has 2 N–H and O–H groups in total. The van der Waals surface area contributed by atoms with Crippen molar-refractivity contribution >= 4 is 50.0 Å². The van der Waals surface area contributed by atoms with Gasteiger partial charge in [-0.15, -0.1) is 0 Å². The Morgan fingerprint density at radius 3 is 2.00 bits per heavy atom. The minimum Gasteiger partial charge on any atom is -0.326 e. The van der Waals surface area contributed by atoms with E-state index < -0.39 is 0 Å². The van der Waals surface area contributed by atoms with E-state index in [1.165, 1.54) is 44.9 Å². The summed E-state index contributed by atoms with van der Waals surface area (Å²) in [4.78, 5) is 30.7. The van der Waals surface area contributed by atoms with Gasteiger partial charge in [0.05, 0.1) is 16.8 Å². The molecule has 2 amide bonds. The Balaban J connectivity index is 1.34. The van der Waals surface area contributed by atoms with Crippen LogP contribution in [0.4, 0.5) is 11.4 Å². The summed E-state index contributed by atoms with van der Waals surface area (Å²) in [6.45, 7) is 4.25. The molecule has 0 atom stereocenters. The number of anilines is 2. The Bertz CT molecular complexity index is 1450. The molecule has 4 aromatic rings. The van der Waals surface area contributed by atoms with Crippen molar-refractivity contribution < 1.29 is 9.59 Å². The SMILES string of the molecule is CCCCCCCCCCCC(=O)Nc1ccc(NC(=O)c2cc(-c3ccc(Br)cc3)nc3ccc(C)cc23)cc1. The molecule has 0 bridgehead atoms. The van der Waals surface area contributed by atoms with E-state index in [2.05, 4.69) is 33.5 Å². The molecule has 1 heterocycles. The fourth-order valence-corrected chi connectivity index (χ4v) is 5.22. The summed E-state index contributed by atoms with van der Waals surface area (Å²) in [6.07, 6.45) is 11.6. The van der Waals surface area contributed by atoms with Crippen molar-refractivity contribution in [2.75, 3.05) is 10.6 Å². The molecule has 4 rings (SSSR count). The van der Waals surface area contributed by atoms with E-state index in [4.69, 9.17) is 4.98 Å². The third-order valence-electron chi connectivity index (χ3n) is 7.28. The number of benzene rings is 3. The zero-order valence-corrected chi connectivity index (χ0v) is 25.7. The number of nitrogens with zero attached hydrogens (tertiary/aromatic N) is 1. The van der Waals surface area contributed by atoms with Gasteiger partial charge in [0, 0.05) is 33.2 Å². The van der Waals surface area contributed by atoms with E-state index in [9.17, 15) is 9.59 Å². The second-order valence-electron chi connectivity index (χ2n) is 10.7. The molecule has 214 valence electrons. The number of hydrogen-bond donors (Lipinski definition) is 2. The monoisotopic (exact) mass is 613 g/mol. The van der Waals surface area contributed by atoms with Crippen LogP contribution in [-0.2, 0) is 4.79 Å². The average Bonchev–Trinajstić information content (AvgIpc) is 2.97. The first-order valence-electron chi connectivity index (χ1n) is 14.8. The van der Waals surface area contributed by atoms with Crippen molar-refractivity contribution in [2.24, 2.45) is 0 Å². The minimum absolute atomic E-state index is 0.0313. The first kappa shape index (κ1) is 30.4. The fourth-order valence-electron chi connectivity index (χ4n) is 4.95. The van der Waals surface area contributed by atoms with Crippen molar-refractivity contribution in [1.82, 2.24) is 4.98 Å². The highest BCUT2D eigenvalue weighted by Crippen LogP contribution is 2.28. The molecule has 0 unspecified atom stereocenters. The normalized spacial score (nSPS) is 11.0. The Morgan fingerprint density at radius 1 is 0.732 bits per heavy atom. The van der Waals surface area contributed by atoms with Gasteiger partial charge in [0.15, 0.2) is 0 Å². The molecule has 0 aliphatic carbocycles. The molecule has 0 fully saturated rings. The van der Waals surface area contributed by atoms with Crippen molar-refractivity contribution in [2.45, 2.75) is 78.1 Å². The number of halogens is 1. The number of fused-ring (bicyclic) bond motifs is 1. The van der Waals surface area contributed by atoms with Crippen LogP contribution >= 0.6 is 15.9 Å². The van der Waals surface area contributed by atoms with Gasteiger partial charge in [-0.1, -0.05) is 98.0 Å². The van der Waals surface area contributed by atoms with Gasteiger partial charge in [-0.05, 0) is 67.9 Å². The molecule has 0 saturated carbocycles. The number of rotatable bonds is 14. The highest BCUT2D eigenvalue weighted by atomic mass is 79.9. The number of aromatic nitrogens is 1. The van der Waals surface area contributed by atoms with Crippen LogP contribution in [0.3, 0.4) is 0 Å². The minimum atomic E-state index is -0.205. The summed E-state index contributed by atoms with van der Waals surface area (Å²) in [6, 6.07) is 23.0. The molecule has 6 heteroatoms. The van der Waals surface area contributed by atoms with Gasteiger partial charge < -0.3 is 10.6 Å². The molecule has 0 aliphatic heterocycles. The van der Waals surface area contributed by atoms with Crippen molar-refractivity contribution in [3.8, 4) is 11.3 Å². The van der Waals surface area contributed by atoms with E-state index in [1.807, 2.05) is 79.7 Å². The number of aryl methyl sites for hydroxylation is 1. The lowest BCUT2D eigenvalue weighted by molar-refractivity contribution is -0.116. The summed E-state index contributed by atoms with van der Waals surface area (Å²) in [5.41, 5.74) is 5.46. The van der Waals surface area contributed by atoms with Crippen LogP contribution in [0.15, 0.2) is 77.3 Å². The lowest BCUT2D eigenvalue weighted by Crippen LogP contribution is -2.14. The van der Waals surface area contributed by atoms with Crippen molar-refractivity contribution in [1.29, 1.82) is 0 Å². The molecule has 5 nitrogen and oxygen atoms in total. The Kier molecular flexibility index (Phi) is 11.5. The molecule has 0 aliphatic rings. The summed E-state index contributed by atoms with van der Waals surface area (Å²) in [5.74, 6) is -0.174. The van der Waals surface area contributed by atoms with Gasteiger partial charge in [-0.3, -0.25) is 9.59 Å². The molecule has 3 aromatic carbocycles. The molecule has 41 heavy (non-hydrogen) atoms. The average molecular weight is 615 g/mol. The number of carbonyl (C=O) groups is 2. The predicted molar refractivity (Wildman–Crippen MR) is 174 cm³/mol. The molecule has 0 saturated heterocycles. The van der Waals surface area contributed by atoms with E-state index in [1.54, 1.807) is 0 Å². The van der Waals surface area contributed by atoms with Crippen LogP contribution < -0.4 is 10.6 Å². The number of pyridine rings is 1. The largest absolute Gasteiger partial charge is 0.326 e. The number of unbranched alkanes of at least 4 members (excludes halogenated alkanes) is 8. The topological polar surface area (TPSA) is 71.1 Å².